The molecule has 15 heavy (non-hydrogen) atoms. The Labute approximate surface area is 80.4 Å². The lowest BCUT2D eigenvalue weighted by atomic mass is 10.4. The summed E-state index contributed by atoms with van der Waals surface area (Å²) in [6.45, 7) is -7.33. The van der Waals surface area contributed by atoms with E-state index in [1.165, 1.54) is 0 Å². The number of alkyl halides is 6. The van der Waals surface area contributed by atoms with Crippen molar-refractivity contribution in [3.05, 3.63) is 0 Å². The second-order valence-corrected chi connectivity index (χ2v) is 1.97. The number of halogens is 6. The van der Waals surface area contributed by atoms with Gasteiger partial charge in [-0.25, -0.2) is 0 Å². The molecule has 1 aliphatic rings. The first-order chi connectivity index (χ1) is 6.75. The smallest absolute Gasteiger partial charge is 0.296 e. The maximum atomic E-state index is 10.1. The first kappa shape index (κ1) is 16.2. The summed E-state index contributed by atoms with van der Waals surface area (Å²) in [5, 5.41) is 2.14. The van der Waals surface area contributed by atoms with E-state index in [1.54, 1.807) is 0 Å². The van der Waals surface area contributed by atoms with Gasteiger partial charge in [-0.15, -0.1) is 0 Å². The quantitative estimate of drug-likeness (QED) is 0.517. The average Bonchev–Trinajstić information content (AvgIpc) is 2.31. The third kappa shape index (κ3) is 24.5. The van der Waals surface area contributed by atoms with Gasteiger partial charge >= 0.3 is 13.4 Å². The van der Waals surface area contributed by atoms with Crippen molar-refractivity contribution in [1.29, 1.82) is 0 Å². The van der Waals surface area contributed by atoms with Crippen LogP contribution in [-0.4, -0.2) is 25.2 Å². The van der Waals surface area contributed by atoms with Gasteiger partial charge in [-0.3, -0.25) is 14.9 Å². The van der Waals surface area contributed by atoms with Crippen molar-refractivity contribution in [2.24, 2.45) is 0 Å². The van der Waals surface area contributed by atoms with Crippen molar-refractivity contribution in [3.63, 3.8) is 0 Å². The number of amides is 2. The standard InChI is InChI=1S/C4H5NO2.2CHF3/c6-3-1-2-4(7)5-3;2*2-1(3)4/h1-2H2,(H,5,6,7);2*1H. The summed E-state index contributed by atoms with van der Waals surface area (Å²) in [4.78, 5) is 20.2. The van der Waals surface area contributed by atoms with Gasteiger partial charge in [-0.1, -0.05) is 0 Å². The van der Waals surface area contributed by atoms with Crippen LogP contribution in [0.25, 0.3) is 0 Å². The first-order valence-electron chi connectivity index (χ1n) is 3.42. The number of hydrogen-bond donors (Lipinski definition) is 1. The molecule has 1 saturated heterocycles. The number of hydrogen-bond acceptors (Lipinski definition) is 2. The summed E-state index contributed by atoms with van der Waals surface area (Å²) in [5.74, 6) is -0.296. The summed E-state index contributed by atoms with van der Waals surface area (Å²) in [5.41, 5.74) is 0. The normalized spacial score (nSPS) is 14.1. The fourth-order valence-corrected chi connectivity index (χ4v) is 0.508. The summed E-state index contributed by atoms with van der Waals surface area (Å²) in [6, 6.07) is 0. The van der Waals surface area contributed by atoms with E-state index in [2.05, 4.69) is 5.32 Å². The molecule has 0 saturated carbocycles. The maximum Gasteiger partial charge on any atom is 0.379 e. The fourth-order valence-electron chi connectivity index (χ4n) is 0.508. The Kier molecular flexibility index (Phi) is 10.0. The number of rotatable bonds is 0. The highest BCUT2D eigenvalue weighted by molar-refractivity contribution is 6.01. The molecule has 1 rings (SSSR count). The Bertz CT molecular complexity index is 173. The van der Waals surface area contributed by atoms with Crippen molar-refractivity contribution >= 4 is 11.8 Å². The van der Waals surface area contributed by atoms with E-state index in [9.17, 15) is 35.9 Å². The predicted molar refractivity (Wildman–Crippen MR) is 36.6 cm³/mol. The minimum Gasteiger partial charge on any atom is -0.296 e. The van der Waals surface area contributed by atoms with E-state index < -0.39 is 13.4 Å². The molecule has 1 fully saturated rings. The Morgan fingerprint density at radius 3 is 1.07 bits per heavy atom. The van der Waals surface area contributed by atoms with E-state index in [-0.39, 0.29) is 11.8 Å². The highest BCUT2D eigenvalue weighted by Gasteiger charge is 2.15. The lowest BCUT2D eigenvalue weighted by Gasteiger charge is -1.79. The molecule has 0 atom stereocenters. The van der Waals surface area contributed by atoms with Crippen molar-refractivity contribution in [2.45, 2.75) is 26.2 Å². The molecule has 0 aliphatic carbocycles. The molecule has 9 heteroatoms. The van der Waals surface area contributed by atoms with Gasteiger partial charge in [0.2, 0.25) is 11.8 Å². The Morgan fingerprint density at radius 1 is 0.800 bits per heavy atom. The van der Waals surface area contributed by atoms with Crippen LogP contribution in [-0.2, 0) is 9.59 Å². The van der Waals surface area contributed by atoms with Crippen LogP contribution in [0.5, 0.6) is 0 Å². The zero-order valence-electron chi connectivity index (χ0n) is 7.15. The Hall–Kier alpha value is -1.28. The topological polar surface area (TPSA) is 46.2 Å². The van der Waals surface area contributed by atoms with Crippen LogP contribution < -0.4 is 5.32 Å². The fraction of sp³-hybridized carbons (Fsp3) is 0.667. The van der Waals surface area contributed by atoms with Gasteiger partial charge in [-0.05, 0) is 0 Å². The van der Waals surface area contributed by atoms with Gasteiger partial charge < -0.3 is 0 Å². The summed E-state index contributed by atoms with van der Waals surface area (Å²) >= 11 is 0. The van der Waals surface area contributed by atoms with E-state index in [0.29, 0.717) is 12.8 Å². The molecule has 1 aliphatic heterocycles. The molecule has 0 aromatic rings. The average molecular weight is 239 g/mol. The van der Waals surface area contributed by atoms with Crippen LogP contribution in [0.15, 0.2) is 0 Å². The van der Waals surface area contributed by atoms with Crippen molar-refractivity contribution in [2.75, 3.05) is 0 Å². The highest BCUT2D eigenvalue weighted by atomic mass is 19.4. The van der Waals surface area contributed by atoms with Crippen LogP contribution in [0.4, 0.5) is 26.3 Å². The number of carbonyl (C=O) groups is 2. The zero-order valence-corrected chi connectivity index (χ0v) is 7.15. The SMILES string of the molecule is FC(F)F.FC(F)F.O=C1CCC(=O)N1. The lowest BCUT2D eigenvalue weighted by Crippen LogP contribution is -2.18. The molecule has 0 spiro atoms. The van der Waals surface area contributed by atoms with E-state index in [1.807, 2.05) is 0 Å². The Balaban J connectivity index is 0. The molecule has 0 aromatic carbocycles. The molecular formula is C6H7F6NO2. The van der Waals surface area contributed by atoms with Crippen LogP contribution in [0, 0.1) is 0 Å². The van der Waals surface area contributed by atoms with Crippen molar-refractivity contribution in [3.8, 4) is 0 Å². The van der Waals surface area contributed by atoms with Crippen LogP contribution in [0.2, 0.25) is 0 Å². The number of nitrogens with one attached hydrogen (secondary N) is 1. The molecule has 3 nitrogen and oxygen atoms in total. The van der Waals surface area contributed by atoms with E-state index in [0.717, 1.165) is 0 Å². The van der Waals surface area contributed by atoms with Gasteiger partial charge in [0.1, 0.15) is 0 Å². The van der Waals surface area contributed by atoms with Gasteiger partial charge in [-0.2, -0.15) is 26.3 Å². The molecular weight excluding hydrogens is 232 g/mol. The maximum absolute atomic E-state index is 10.1. The monoisotopic (exact) mass is 239 g/mol. The second-order valence-electron chi connectivity index (χ2n) is 1.97. The molecule has 0 radical (unpaired) electrons. The minimum atomic E-state index is -3.67. The second kappa shape index (κ2) is 9.28. The molecule has 90 valence electrons. The molecule has 1 N–H and O–H groups in total. The first-order valence-corrected chi connectivity index (χ1v) is 3.42. The zero-order chi connectivity index (χ0) is 12.4. The predicted octanol–water partition coefficient (Wildman–Crippen LogP) is 1.78. The van der Waals surface area contributed by atoms with Gasteiger partial charge in [0.25, 0.3) is 0 Å². The lowest BCUT2D eigenvalue weighted by molar-refractivity contribution is -0.124. The molecule has 1 heterocycles. The molecule has 0 unspecified atom stereocenters. The largest absolute Gasteiger partial charge is 0.379 e. The van der Waals surface area contributed by atoms with Crippen LogP contribution in [0.1, 0.15) is 12.8 Å². The van der Waals surface area contributed by atoms with Gasteiger partial charge in [0.05, 0.1) is 0 Å². The summed E-state index contributed by atoms with van der Waals surface area (Å²) in [7, 11) is 0. The Morgan fingerprint density at radius 2 is 1.00 bits per heavy atom. The van der Waals surface area contributed by atoms with Crippen molar-refractivity contribution in [1.82, 2.24) is 5.32 Å². The number of imide groups is 1. The van der Waals surface area contributed by atoms with Crippen LogP contribution >= 0.6 is 0 Å². The van der Waals surface area contributed by atoms with Crippen LogP contribution in [0.3, 0.4) is 0 Å². The highest BCUT2D eigenvalue weighted by Crippen LogP contribution is 1.95. The minimum absolute atomic E-state index is 0.148. The summed E-state index contributed by atoms with van der Waals surface area (Å²) in [6.07, 6.45) is 0.748. The number of carbonyl (C=O) groups excluding carboxylic acids is 2. The molecule has 0 bridgehead atoms. The van der Waals surface area contributed by atoms with E-state index >= 15 is 0 Å². The van der Waals surface area contributed by atoms with E-state index in [4.69, 9.17) is 0 Å². The molecule has 2 amide bonds. The van der Waals surface area contributed by atoms with Crippen molar-refractivity contribution < 1.29 is 35.9 Å². The third-order valence-electron chi connectivity index (χ3n) is 0.858. The van der Waals surface area contributed by atoms with Gasteiger partial charge in [0.15, 0.2) is 0 Å². The van der Waals surface area contributed by atoms with Gasteiger partial charge in [0, 0.05) is 12.8 Å². The summed E-state index contributed by atoms with van der Waals surface area (Å²) < 4.78 is 58.0. The molecule has 0 aromatic heterocycles. The third-order valence-corrected chi connectivity index (χ3v) is 0.858.